The van der Waals surface area contributed by atoms with Gasteiger partial charge in [0.25, 0.3) is 0 Å². The van der Waals surface area contributed by atoms with E-state index < -0.39 is 11.9 Å². The summed E-state index contributed by atoms with van der Waals surface area (Å²) in [6, 6.07) is 2.01. The van der Waals surface area contributed by atoms with Crippen molar-refractivity contribution >= 4 is 17.3 Å². The zero-order chi connectivity index (χ0) is 10.0. The molecule has 70 valence electrons. The van der Waals surface area contributed by atoms with E-state index in [1.54, 1.807) is 0 Å². The molecule has 0 aliphatic rings. The van der Waals surface area contributed by atoms with Gasteiger partial charge in [0.2, 0.25) is 0 Å². The molecule has 0 spiro atoms. The van der Waals surface area contributed by atoms with Gasteiger partial charge >= 0.3 is 0 Å². The summed E-state index contributed by atoms with van der Waals surface area (Å²) in [5.74, 6) is -0.464. The summed E-state index contributed by atoms with van der Waals surface area (Å²) >= 11 is 5.71. The van der Waals surface area contributed by atoms with Gasteiger partial charge in [0, 0.05) is 5.56 Å². The highest BCUT2D eigenvalue weighted by Gasteiger charge is 2.10. The van der Waals surface area contributed by atoms with Crippen molar-refractivity contribution in [2.45, 2.75) is 6.04 Å². The van der Waals surface area contributed by atoms with Crippen LogP contribution in [0.2, 0.25) is 5.02 Å². The molecule has 4 heteroatoms. The zero-order valence-electron chi connectivity index (χ0n) is 6.93. The Kier molecular flexibility index (Phi) is 2.90. The van der Waals surface area contributed by atoms with Crippen molar-refractivity contribution in [1.29, 1.82) is 0 Å². The number of hydrogen-bond acceptors (Lipinski definition) is 2. The first-order chi connectivity index (χ1) is 6.06. The lowest BCUT2D eigenvalue weighted by Gasteiger charge is -2.09. The van der Waals surface area contributed by atoms with Gasteiger partial charge in [0.05, 0.1) is 16.8 Å². The predicted molar refractivity (Wildman–Crippen MR) is 52.9 cm³/mol. The molecule has 0 radical (unpaired) electrons. The summed E-state index contributed by atoms with van der Waals surface area (Å²) in [6.45, 7) is 3.46. The molecule has 1 aromatic rings. The highest BCUT2D eigenvalue weighted by atomic mass is 35.5. The minimum absolute atomic E-state index is 0.208. The summed E-state index contributed by atoms with van der Waals surface area (Å²) in [4.78, 5) is 0. The van der Waals surface area contributed by atoms with E-state index in [0.29, 0.717) is 10.6 Å². The van der Waals surface area contributed by atoms with E-state index in [9.17, 15) is 4.39 Å². The van der Waals surface area contributed by atoms with Gasteiger partial charge in [0.15, 0.2) is 0 Å². The van der Waals surface area contributed by atoms with E-state index in [-0.39, 0.29) is 5.69 Å². The van der Waals surface area contributed by atoms with Crippen molar-refractivity contribution in [3.8, 4) is 0 Å². The van der Waals surface area contributed by atoms with E-state index >= 15 is 0 Å². The molecule has 0 unspecified atom stereocenters. The van der Waals surface area contributed by atoms with Crippen LogP contribution in [0.4, 0.5) is 10.1 Å². The number of nitrogens with two attached hydrogens (primary N) is 2. The van der Waals surface area contributed by atoms with E-state index in [1.807, 2.05) is 0 Å². The fourth-order valence-electron chi connectivity index (χ4n) is 0.960. The third kappa shape index (κ3) is 1.99. The van der Waals surface area contributed by atoms with Gasteiger partial charge < -0.3 is 11.5 Å². The number of benzene rings is 1. The second kappa shape index (κ2) is 3.77. The van der Waals surface area contributed by atoms with E-state index in [0.717, 1.165) is 6.07 Å². The van der Waals surface area contributed by atoms with E-state index in [2.05, 4.69) is 6.58 Å². The molecule has 0 saturated carbocycles. The first-order valence-electron chi connectivity index (χ1n) is 3.68. The van der Waals surface area contributed by atoms with Crippen LogP contribution in [-0.4, -0.2) is 0 Å². The molecule has 0 aliphatic carbocycles. The normalized spacial score (nSPS) is 12.5. The molecule has 1 rings (SSSR count). The van der Waals surface area contributed by atoms with Crippen LogP contribution in [0.25, 0.3) is 0 Å². The maximum atomic E-state index is 13.2. The molecule has 1 aromatic carbocycles. The fraction of sp³-hybridized carbons (Fsp3) is 0.111. The van der Waals surface area contributed by atoms with Gasteiger partial charge in [-0.25, -0.2) is 4.39 Å². The summed E-state index contributed by atoms with van der Waals surface area (Å²) in [7, 11) is 0. The van der Waals surface area contributed by atoms with Crippen LogP contribution >= 0.6 is 11.6 Å². The minimum Gasteiger partial charge on any atom is -0.397 e. The number of halogens is 2. The Morgan fingerprint density at radius 3 is 2.69 bits per heavy atom. The molecule has 13 heavy (non-hydrogen) atoms. The molecule has 0 saturated heterocycles. The van der Waals surface area contributed by atoms with Gasteiger partial charge in [-0.15, -0.1) is 6.58 Å². The quantitative estimate of drug-likeness (QED) is 0.568. The summed E-state index contributed by atoms with van der Waals surface area (Å²) in [5, 5.41) is 0.300. The molecule has 4 N–H and O–H groups in total. The third-order valence-electron chi connectivity index (χ3n) is 1.73. The second-order valence-electron chi connectivity index (χ2n) is 2.66. The lowest BCUT2D eigenvalue weighted by molar-refractivity contribution is 0.603. The smallest absolute Gasteiger partial charge is 0.130 e. The summed E-state index contributed by atoms with van der Waals surface area (Å²) < 4.78 is 13.2. The van der Waals surface area contributed by atoms with Gasteiger partial charge in [-0.05, 0) is 12.1 Å². The maximum Gasteiger partial charge on any atom is 0.130 e. The molecule has 0 aliphatic heterocycles. The Hall–Kier alpha value is -1.06. The van der Waals surface area contributed by atoms with E-state index in [1.165, 1.54) is 12.1 Å². The highest BCUT2D eigenvalue weighted by molar-refractivity contribution is 6.33. The number of hydrogen-bond donors (Lipinski definition) is 2. The van der Waals surface area contributed by atoms with Crippen LogP contribution in [-0.2, 0) is 0 Å². The largest absolute Gasteiger partial charge is 0.397 e. The third-order valence-corrected chi connectivity index (χ3v) is 2.06. The maximum absolute atomic E-state index is 13.2. The molecular weight excluding hydrogens is 191 g/mol. The van der Waals surface area contributed by atoms with Gasteiger partial charge in [-0.2, -0.15) is 0 Å². The van der Waals surface area contributed by atoms with Gasteiger partial charge in [0.1, 0.15) is 5.82 Å². The molecule has 0 amide bonds. The van der Waals surface area contributed by atoms with Gasteiger partial charge in [-0.1, -0.05) is 17.7 Å². The van der Waals surface area contributed by atoms with Crippen molar-refractivity contribution < 1.29 is 4.39 Å². The number of rotatable bonds is 2. The van der Waals surface area contributed by atoms with Crippen LogP contribution in [0, 0.1) is 5.82 Å². The SMILES string of the molecule is C=C[C@@H](N)c1cc(Cl)c(N)cc1F. The van der Waals surface area contributed by atoms with Crippen LogP contribution in [0.3, 0.4) is 0 Å². The fourth-order valence-corrected chi connectivity index (χ4v) is 1.13. The zero-order valence-corrected chi connectivity index (χ0v) is 7.68. The summed E-state index contributed by atoms with van der Waals surface area (Å²) in [6.07, 6.45) is 1.44. The molecule has 0 heterocycles. The monoisotopic (exact) mass is 200 g/mol. The standard InChI is InChI=1S/C9H10ClFN2/c1-2-8(12)5-3-6(10)9(13)4-7(5)11/h2-4,8H,1,12-13H2/t8-/m1/s1. The van der Waals surface area contributed by atoms with E-state index in [4.69, 9.17) is 23.1 Å². The lowest BCUT2D eigenvalue weighted by atomic mass is 10.1. The first-order valence-corrected chi connectivity index (χ1v) is 4.06. The van der Waals surface area contributed by atoms with Crippen molar-refractivity contribution in [2.24, 2.45) is 5.73 Å². The summed E-state index contributed by atoms with van der Waals surface area (Å²) in [5.41, 5.74) is 11.5. The van der Waals surface area contributed by atoms with Crippen LogP contribution in [0.5, 0.6) is 0 Å². The predicted octanol–water partition coefficient (Wildman–Crippen LogP) is 2.25. The minimum atomic E-state index is -0.557. The lowest BCUT2D eigenvalue weighted by Crippen LogP contribution is -2.09. The Morgan fingerprint density at radius 1 is 1.54 bits per heavy atom. The molecule has 2 nitrogen and oxygen atoms in total. The Bertz CT molecular complexity index is 339. The Morgan fingerprint density at radius 2 is 2.15 bits per heavy atom. The number of nitrogen functional groups attached to an aromatic ring is 1. The van der Waals surface area contributed by atoms with Crippen molar-refractivity contribution in [3.05, 3.63) is 41.2 Å². The molecular formula is C9H10ClFN2. The molecule has 0 bridgehead atoms. The number of anilines is 1. The van der Waals surface area contributed by atoms with Crippen LogP contribution < -0.4 is 11.5 Å². The topological polar surface area (TPSA) is 52.0 Å². The molecule has 0 aromatic heterocycles. The van der Waals surface area contributed by atoms with Crippen molar-refractivity contribution in [3.63, 3.8) is 0 Å². The Labute approximate surface area is 81.0 Å². The van der Waals surface area contributed by atoms with Crippen molar-refractivity contribution in [1.82, 2.24) is 0 Å². The van der Waals surface area contributed by atoms with Crippen LogP contribution in [0.15, 0.2) is 24.8 Å². The highest BCUT2D eigenvalue weighted by Crippen LogP contribution is 2.25. The van der Waals surface area contributed by atoms with Crippen LogP contribution in [0.1, 0.15) is 11.6 Å². The van der Waals surface area contributed by atoms with Gasteiger partial charge in [-0.3, -0.25) is 0 Å². The first kappa shape index (κ1) is 10.0. The average molecular weight is 201 g/mol. The second-order valence-corrected chi connectivity index (χ2v) is 3.06. The average Bonchev–Trinajstić information content (AvgIpc) is 2.10. The van der Waals surface area contributed by atoms with Crippen molar-refractivity contribution in [2.75, 3.05) is 5.73 Å². The Balaban J connectivity index is 3.22. The molecule has 1 atom stereocenters. The molecule has 0 fully saturated rings.